The molecule has 0 radical (unpaired) electrons. The summed E-state index contributed by atoms with van der Waals surface area (Å²) < 4.78 is 15.0. The van der Waals surface area contributed by atoms with Crippen LogP contribution in [0.25, 0.3) is 0 Å². The molecule has 0 bridgehead atoms. The highest BCUT2D eigenvalue weighted by Crippen LogP contribution is 1.87. The van der Waals surface area contributed by atoms with Crippen LogP contribution in [-0.4, -0.2) is 64.9 Å². The van der Waals surface area contributed by atoms with Crippen LogP contribution in [0.15, 0.2) is 0 Å². The quantitative estimate of drug-likeness (QED) is 0.466. The fraction of sp³-hybridized carbons (Fsp3) is 1.00. The van der Waals surface area contributed by atoms with Gasteiger partial charge in [-0.25, -0.2) is 0 Å². The van der Waals surface area contributed by atoms with Gasteiger partial charge < -0.3 is 24.6 Å². The van der Waals surface area contributed by atoms with Crippen LogP contribution < -0.4 is 5.32 Å². The third-order valence-corrected chi connectivity index (χ3v) is 1.81. The molecule has 0 spiro atoms. The molecule has 0 aromatic carbocycles. The van der Waals surface area contributed by atoms with E-state index in [0.717, 1.165) is 13.0 Å². The third-order valence-electron chi connectivity index (χ3n) is 1.81. The van der Waals surface area contributed by atoms with Crippen LogP contribution in [-0.2, 0) is 14.2 Å². The maximum atomic E-state index is 9.45. The molecule has 5 nitrogen and oxygen atoms in total. The van der Waals surface area contributed by atoms with Crippen LogP contribution >= 0.6 is 0 Å². The second-order valence-electron chi connectivity index (χ2n) is 3.27. The first-order chi connectivity index (χ1) is 7.31. The molecular formula is C10H23NO4. The summed E-state index contributed by atoms with van der Waals surface area (Å²) in [7, 11) is 3.31. The lowest BCUT2D eigenvalue weighted by molar-refractivity contribution is 0.0284. The average molecular weight is 221 g/mol. The van der Waals surface area contributed by atoms with E-state index in [9.17, 15) is 5.11 Å². The Kier molecular flexibility index (Phi) is 11.7. The number of ether oxygens (including phenoxy) is 3. The van der Waals surface area contributed by atoms with E-state index in [4.69, 9.17) is 14.2 Å². The Morgan fingerprint density at radius 2 is 1.87 bits per heavy atom. The molecule has 2 N–H and O–H groups in total. The molecule has 0 heterocycles. The zero-order valence-electron chi connectivity index (χ0n) is 9.70. The van der Waals surface area contributed by atoms with Gasteiger partial charge in [-0.15, -0.1) is 0 Å². The molecule has 0 saturated carbocycles. The molecule has 0 aliphatic heterocycles. The fourth-order valence-electron chi connectivity index (χ4n) is 1.03. The number of aliphatic hydroxyl groups is 1. The fourth-order valence-corrected chi connectivity index (χ4v) is 1.03. The summed E-state index contributed by atoms with van der Waals surface area (Å²) in [5.74, 6) is 0. The number of aliphatic hydroxyl groups excluding tert-OH is 1. The van der Waals surface area contributed by atoms with Crippen molar-refractivity contribution >= 4 is 0 Å². The highest BCUT2D eigenvalue weighted by molar-refractivity contribution is 4.57. The summed E-state index contributed by atoms with van der Waals surface area (Å²) in [5.41, 5.74) is 0. The van der Waals surface area contributed by atoms with Crippen molar-refractivity contribution in [3.8, 4) is 0 Å². The van der Waals surface area contributed by atoms with E-state index in [1.807, 2.05) is 0 Å². The Balaban J connectivity index is 3.08. The molecular weight excluding hydrogens is 198 g/mol. The summed E-state index contributed by atoms with van der Waals surface area (Å²) in [4.78, 5) is 0. The number of rotatable bonds is 11. The monoisotopic (exact) mass is 221 g/mol. The van der Waals surface area contributed by atoms with Crippen LogP contribution in [0, 0.1) is 0 Å². The van der Waals surface area contributed by atoms with E-state index in [1.54, 1.807) is 14.2 Å². The second kappa shape index (κ2) is 11.9. The van der Waals surface area contributed by atoms with Crippen molar-refractivity contribution in [1.82, 2.24) is 5.32 Å². The molecule has 0 amide bonds. The summed E-state index contributed by atoms with van der Waals surface area (Å²) in [6.45, 7) is 3.63. The third kappa shape index (κ3) is 11.7. The lowest BCUT2D eigenvalue weighted by Crippen LogP contribution is -2.32. The molecule has 92 valence electrons. The first kappa shape index (κ1) is 14.8. The van der Waals surface area contributed by atoms with Crippen LogP contribution in [0.2, 0.25) is 0 Å². The van der Waals surface area contributed by atoms with Gasteiger partial charge in [-0.3, -0.25) is 0 Å². The lowest BCUT2D eigenvalue weighted by atomic mass is 10.3. The highest BCUT2D eigenvalue weighted by atomic mass is 16.5. The van der Waals surface area contributed by atoms with Gasteiger partial charge in [0.15, 0.2) is 0 Å². The molecule has 1 atom stereocenters. The van der Waals surface area contributed by atoms with Gasteiger partial charge in [0.2, 0.25) is 0 Å². The Hall–Kier alpha value is -0.200. The largest absolute Gasteiger partial charge is 0.389 e. The van der Waals surface area contributed by atoms with Crippen LogP contribution in [0.4, 0.5) is 0 Å². The van der Waals surface area contributed by atoms with Crippen molar-refractivity contribution in [2.45, 2.75) is 12.5 Å². The minimum Gasteiger partial charge on any atom is -0.389 e. The van der Waals surface area contributed by atoms with E-state index in [0.29, 0.717) is 33.0 Å². The minimum atomic E-state index is -0.454. The van der Waals surface area contributed by atoms with E-state index < -0.39 is 6.10 Å². The summed E-state index contributed by atoms with van der Waals surface area (Å²) in [6, 6.07) is 0. The minimum absolute atomic E-state index is 0.365. The van der Waals surface area contributed by atoms with Gasteiger partial charge in [0.05, 0.1) is 19.3 Å². The zero-order chi connectivity index (χ0) is 11.4. The zero-order valence-corrected chi connectivity index (χ0v) is 9.70. The maximum absolute atomic E-state index is 9.45. The van der Waals surface area contributed by atoms with Gasteiger partial charge in [0.1, 0.15) is 0 Å². The van der Waals surface area contributed by atoms with E-state index in [-0.39, 0.29) is 0 Å². The Morgan fingerprint density at radius 3 is 2.53 bits per heavy atom. The maximum Gasteiger partial charge on any atom is 0.0897 e. The standard InChI is InChI=1S/C10H23NO4/c1-13-5-3-6-15-9-10(12)8-11-4-7-14-2/h10-12H,3-9H2,1-2H3. The first-order valence-corrected chi connectivity index (χ1v) is 5.25. The number of methoxy groups -OCH3 is 2. The highest BCUT2D eigenvalue weighted by Gasteiger charge is 2.02. The second-order valence-corrected chi connectivity index (χ2v) is 3.27. The van der Waals surface area contributed by atoms with Gasteiger partial charge >= 0.3 is 0 Å². The number of hydrogen-bond acceptors (Lipinski definition) is 5. The Bertz CT molecular complexity index is 124. The molecule has 0 fully saturated rings. The summed E-state index contributed by atoms with van der Waals surface area (Å²) >= 11 is 0. The lowest BCUT2D eigenvalue weighted by Gasteiger charge is -2.11. The van der Waals surface area contributed by atoms with Crippen molar-refractivity contribution in [2.24, 2.45) is 0 Å². The molecule has 5 heteroatoms. The van der Waals surface area contributed by atoms with Crippen molar-refractivity contribution in [1.29, 1.82) is 0 Å². The van der Waals surface area contributed by atoms with Crippen molar-refractivity contribution in [3.05, 3.63) is 0 Å². The molecule has 0 aromatic rings. The summed E-state index contributed by atoms with van der Waals surface area (Å²) in [5, 5.41) is 12.5. The number of hydrogen-bond donors (Lipinski definition) is 2. The van der Waals surface area contributed by atoms with Gasteiger partial charge in [-0.05, 0) is 6.42 Å². The molecule has 0 aromatic heterocycles. The van der Waals surface area contributed by atoms with E-state index >= 15 is 0 Å². The van der Waals surface area contributed by atoms with Crippen molar-refractivity contribution in [2.75, 3.05) is 53.7 Å². The molecule has 0 rings (SSSR count). The van der Waals surface area contributed by atoms with E-state index in [1.165, 1.54) is 0 Å². The molecule has 0 aliphatic rings. The van der Waals surface area contributed by atoms with Crippen LogP contribution in [0.3, 0.4) is 0 Å². The molecule has 1 unspecified atom stereocenters. The predicted octanol–water partition coefficient (Wildman–Crippen LogP) is -0.364. The molecule has 15 heavy (non-hydrogen) atoms. The van der Waals surface area contributed by atoms with Gasteiger partial charge in [-0.1, -0.05) is 0 Å². The van der Waals surface area contributed by atoms with Gasteiger partial charge in [0, 0.05) is 40.5 Å². The topological polar surface area (TPSA) is 60.0 Å². The van der Waals surface area contributed by atoms with E-state index in [2.05, 4.69) is 5.32 Å². The first-order valence-electron chi connectivity index (χ1n) is 5.25. The van der Waals surface area contributed by atoms with Crippen molar-refractivity contribution < 1.29 is 19.3 Å². The Labute approximate surface area is 91.7 Å². The predicted molar refractivity (Wildman–Crippen MR) is 58.1 cm³/mol. The Morgan fingerprint density at radius 1 is 1.13 bits per heavy atom. The van der Waals surface area contributed by atoms with Crippen molar-refractivity contribution in [3.63, 3.8) is 0 Å². The summed E-state index contributed by atoms with van der Waals surface area (Å²) in [6.07, 6.45) is 0.407. The molecule has 0 aliphatic carbocycles. The SMILES string of the molecule is COCCCOCC(O)CNCCOC. The number of nitrogens with one attached hydrogen (secondary N) is 1. The van der Waals surface area contributed by atoms with Crippen LogP contribution in [0.1, 0.15) is 6.42 Å². The van der Waals surface area contributed by atoms with Gasteiger partial charge in [0.25, 0.3) is 0 Å². The van der Waals surface area contributed by atoms with Crippen LogP contribution in [0.5, 0.6) is 0 Å². The normalized spacial score (nSPS) is 13.0. The molecule has 0 saturated heterocycles. The average Bonchev–Trinajstić information content (AvgIpc) is 2.24. The smallest absolute Gasteiger partial charge is 0.0897 e. The van der Waals surface area contributed by atoms with Gasteiger partial charge in [-0.2, -0.15) is 0 Å².